The first-order valence-corrected chi connectivity index (χ1v) is 4.52. The van der Waals surface area contributed by atoms with Crippen molar-refractivity contribution in [2.45, 2.75) is 6.92 Å². The quantitative estimate of drug-likeness (QED) is 0.470. The molecule has 1 saturated heterocycles. The molecular formula is C9H14N2O3. The van der Waals surface area contributed by atoms with Crippen molar-refractivity contribution in [3.05, 3.63) is 11.3 Å². The van der Waals surface area contributed by atoms with Crippen LogP contribution in [0.3, 0.4) is 0 Å². The Balaban J connectivity index is 2.83. The van der Waals surface area contributed by atoms with Gasteiger partial charge in [0, 0.05) is 26.2 Å². The van der Waals surface area contributed by atoms with Crippen molar-refractivity contribution >= 4 is 12.3 Å². The number of carbonyl (C=O) groups is 2. The average Bonchev–Trinajstić information content (AvgIpc) is 2.20. The fourth-order valence-electron chi connectivity index (χ4n) is 1.42. The van der Waals surface area contributed by atoms with Crippen LogP contribution in [0.2, 0.25) is 0 Å². The Hall–Kier alpha value is -1.36. The number of hydrogen-bond acceptors (Lipinski definition) is 4. The first kappa shape index (κ1) is 10.7. The molecule has 0 aromatic rings. The van der Waals surface area contributed by atoms with Crippen LogP contribution in [0, 0.1) is 0 Å². The molecule has 1 aliphatic rings. The molecule has 1 aliphatic heterocycles. The van der Waals surface area contributed by atoms with E-state index >= 15 is 0 Å². The van der Waals surface area contributed by atoms with Crippen molar-refractivity contribution in [2.24, 2.45) is 0 Å². The van der Waals surface area contributed by atoms with E-state index in [9.17, 15) is 9.59 Å². The molecule has 0 amide bonds. The van der Waals surface area contributed by atoms with Gasteiger partial charge >= 0.3 is 5.97 Å². The normalized spacial score (nSPS) is 18.8. The third-order valence-electron chi connectivity index (χ3n) is 2.27. The van der Waals surface area contributed by atoms with Crippen molar-refractivity contribution in [3.8, 4) is 0 Å². The summed E-state index contributed by atoms with van der Waals surface area (Å²) < 4.78 is 0. The number of nitrogens with zero attached hydrogens (tertiary/aromatic N) is 1. The van der Waals surface area contributed by atoms with Crippen LogP contribution < -0.4 is 5.32 Å². The molecule has 78 valence electrons. The molecule has 5 heteroatoms. The standard InChI is InChI=1S/C9H14N2O3/c1-7(9(13)14)8(6-12)11-4-2-10-3-5-11/h6,10H,2-5H2,1H3,(H,13,14). The predicted octanol–water partition coefficient (Wildman–Crippen LogP) is -0.551. The molecule has 2 N–H and O–H groups in total. The molecule has 0 spiro atoms. The first-order valence-electron chi connectivity index (χ1n) is 4.52. The maximum atomic E-state index is 10.8. The van der Waals surface area contributed by atoms with Crippen LogP contribution in [-0.4, -0.2) is 48.4 Å². The highest BCUT2D eigenvalue weighted by atomic mass is 16.4. The third kappa shape index (κ3) is 2.32. The van der Waals surface area contributed by atoms with Crippen LogP contribution in [0.25, 0.3) is 0 Å². The van der Waals surface area contributed by atoms with Crippen molar-refractivity contribution in [1.29, 1.82) is 0 Å². The number of hydrogen-bond donors (Lipinski definition) is 2. The summed E-state index contributed by atoms with van der Waals surface area (Å²) in [5, 5.41) is 11.9. The summed E-state index contributed by atoms with van der Waals surface area (Å²) in [6.07, 6.45) is 0.620. The Morgan fingerprint density at radius 1 is 1.43 bits per heavy atom. The van der Waals surface area contributed by atoms with Gasteiger partial charge < -0.3 is 15.3 Å². The van der Waals surface area contributed by atoms with E-state index in [1.165, 1.54) is 6.92 Å². The second-order valence-corrected chi connectivity index (χ2v) is 3.17. The van der Waals surface area contributed by atoms with E-state index in [1.54, 1.807) is 4.90 Å². The van der Waals surface area contributed by atoms with Gasteiger partial charge in [0.1, 0.15) is 0 Å². The maximum Gasteiger partial charge on any atom is 0.333 e. The van der Waals surface area contributed by atoms with E-state index in [1.807, 2.05) is 0 Å². The molecule has 1 fully saturated rings. The number of piperazine rings is 1. The number of aliphatic carboxylic acids is 1. The Labute approximate surface area is 82.4 Å². The molecule has 0 aromatic heterocycles. The van der Waals surface area contributed by atoms with Gasteiger partial charge in [-0.1, -0.05) is 0 Å². The van der Waals surface area contributed by atoms with Gasteiger partial charge in [0.05, 0.1) is 11.3 Å². The summed E-state index contributed by atoms with van der Waals surface area (Å²) in [7, 11) is 0. The molecule has 5 nitrogen and oxygen atoms in total. The number of allylic oxidation sites excluding steroid dienone is 1. The predicted molar refractivity (Wildman–Crippen MR) is 50.8 cm³/mol. The number of rotatable bonds is 3. The van der Waals surface area contributed by atoms with E-state index in [0.717, 1.165) is 13.1 Å². The first-order chi connectivity index (χ1) is 6.66. The van der Waals surface area contributed by atoms with E-state index in [4.69, 9.17) is 5.11 Å². The average molecular weight is 198 g/mol. The van der Waals surface area contributed by atoms with Crippen molar-refractivity contribution in [1.82, 2.24) is 10.2 Å². The van der Waals surface area contributed by atoms with E-state index < -0.39 is 5.97 Å². The molecule has 0 aliphatic carbocycles. The number of nitrogens with one attached hydrogen (secondary N) is 1. The minimum Gasteiger partial charge on any atom is -0.478 e. The van der Waals surface area contributed by atoms with Crippen LogP contribution in [0.4, 0.5) is 0 Å². The summed E-state index contributed by atoms with van der Waals surface area (Å²) in [5.74, 6) is -1.04. The van der Waals surface area contributed by atoms with E-state index in [0.29, 0.717) is 25.1 Å². The second kappa shape index (κ2) is 4.76. The molecule has 0 saturated carbocycles. The summed E-state index contributed by atoms with van der Waals surface area (Å²) >= 11 is 0. The van der Waals surface area contributed by atoms with Crippen molar-refractivity contribution in [2.75, 3.05) is 26.2 Å². The highest BCUT2D eigenvalue weighted by Crippen LogP contribution is 2.09. The van der Waals surface area contributed by atoms with E-state index in [2.05, 4.69) is 5.32 Å². The molecule has 0 atom stereocenters. The fourth-order valence-corrected chi connectivity index (χ4v) is 1.42. The molecule has 1 heterocycles. The Bertz CT molecular complexity index is 267. The molecule has 0 bridgehead atoms. The lowest BCUT2D eigenvalue weighted by atomic mass is 10.2. The second-order valence-electron chi connectivity index (χ2n) is 3.17. The van der Waals surface area contributed by atoms with Gasteiger partial charge in [0.2, 0.25) is 0 Å². The Morgan fingerprint density at radius 2 is 2.00 bits per heavy atom. The molecule has 0 radical (unpaired) electrons. The lowest BCUT2D eigenvalue weighted by Gasteiger charge is -2.29. The highest BCUT2D eigenvalue weighted by Gasteiger charge is 2.17. The lowest BCUT2D eigenvalue weighted by Crippen LogP contribution is -2.43. The van der Waals surface area contributed by atoms with Crippen LogP contribution in [-0.2, 0) is 9.59 Å². The fraction of sp³-hybridized carbons (Fsp3) is 0.556. The number of aldehydes is 1. The van der Waals surface area contributed by atoms with Gasteiger partial charge in [0.25, 0.3) is 0 Å². The van der Waals surface area contributed by atoms with Gasteiger partial charge in [-0.05, 0) is 6.92 Å². The molecule has 1 rings (SSSR count). The van der Waals surface area contributed by atoms with Gasteiger partial charge in [0.15, 0.2) is 6.29 Å². The number of carboxylic acids is 1. The minimum atomic E-state index is -1.04. The molecular weight excluding hydrogens is 184 g/mol. The molecule has 14 heavy (non-hydrogen) atoms. The molecule has 0 unspecified atom stereocenters. The van der Waals surface area contributed by atoms with Crippen molar-refractivity contribution < 1.29 is 14.7 Å². The Kier molecular flexibility index (Phi) is 3.64. The largest absolute Gasteiger partial charge is 0.478 e. The SMILES string of the molecule is CC(C(=O)O)=C(C=O)N1CCNCC1. The van der Waals surface area contributed by atoms with E-state index in [-0.39, 0.29) is 5.57 Å². The van der Waals surface area contributed by atoms with Crippen LogP contribution in [0.5, 0.6) is 0 Å². The number of carboxylic acid groups (broad SMARTS) is 1. The van der Waals surface area contributed by atoms with Gasteiger partial charge in [-0.2, -0.15) is 0 Å². The van der Waals surface area contributed by atoms with Gasteiger partial charge in [-0.15, -0.1) is 0 Å². The lowest BCUT2D eigenvalue weighted by molar-refractivity contribution is -0.133. The third-order valence-corrected chi connectivity index (χ3v) is 2.27. The summed E-state index contributed by atoms with van der Waals surface area (Å²) in [4.78, 5) is 23.2. The summed E-state index contributed by atoms with van der Waals surface area (Å²) in [6.45, 7) is 4.37. The molecule has 0 aromatic carbocycles. The van der Waals surface area contributed by atoms with Gasteiger partial charge in [-0.3, -0.25) is 4.79 Å². The van der Waals surface area contributed by atoms with Crippen LogP contribution >= 0.6 is 0 Å². The zero-order valence-corrected chi connectivity index (χ0v) is 8.12. The maximum absolute atomic E-state index is 10.8. The van der Waals surface area contributed by atoms with Gasteiger partial charge in [-0.25, -0.2) is 4.79 Å². The topological polar surface area (TPSA) is 69.6 Å². The number of carbonyl (C=O) groups excluding carboxylic acids is 1. The monoisotopic (exact) mass is 198 g/mol. The van der Waals surface area contributed by atoms with Crippen LogP contribution in [0.1, 0.15) is 6.92 Å². The van der Waals surface area contributed by atoms with Crippen molar-refractivity contribution in [3.63, 3.8) is 0 Å². The smallest absolute Gasteiger partial charge is 0.333 e. The Morgan fingerprint density at radius 3 is 2.43 bits per heavy atom. The summed E-state index contributed by atoms with van der Waals surface area (Å²) in [5.41, 5.74) is 0.404. The summed E-state index contributed by atoms with van der Waals surface area (Å²) in [6, 6.07) is 0. The zero-order valence-electron chi connectivity index (χ0n) is 8.12. The zero-order chi connectivity index (χ0) is 10.6. The highest BCUT2D eigenvalue weighted by molar-refractivity contribution is 5.93. The van der Waals surface area contributed by atoms with Crippen LogP contribution in [0.15, 0.2) is 11.3 Å². The minimum absolute atomic E-state index is 0.113.